The zero-order valence-electron chi connectivity index (χ0n) is 11.6. The first kappa shape index (κ1) is 12.3. The fourth-order valence-electron chi connectivity index (χ4n) is 2.47. The lowest BCUT2D eigenvalue weighted by molar-refractivity contribution is 0.658. The molecule has 0 saturated heterocycles. The van der Waals surface area contributed by atoms with Crippen LogP contribution in [0.1, 0.15) is 36.9 Å². The quantitative estimate of drug-likeness (QED) is 0.881. The summed E-state index contributed by atoms with van der Waals surface area (Å²) in [5.41, 5.74) is 3.83. The van der Waals surface area contributed by atoms with E-state index in [0.29, 0.717) is 6.04 Å². The van der Waals surface area contributed by atoms with Crippen molar-refractivity contribution in [2.75, 3.05) is 5.32 Å². The Hall–Kier alpha value is -1.77. The summed E-state index contributed by atoms with van der Waals surface area (Å²) in [5, 5.41) is 7.98. The smallest absolute Gasteiger partial charge is 0.0731 e. The Morgan fingerprint density at radius 2 is 2.05 bits per heavy atom. The van der Waals surface area contributed by atoms with Gasteiger partial charge in [0, 0.05) is 12.7 Å². The molecule has 3 heteroatoms. The molecule has 3 nitrogen and oxygen atoms in total. The number of aromatic nitrogens is 2. The molecule has 1 atom stereocenters. The summed E-state index contributed by atoms with van der Waals surface area (Å²) in [7, 11) is 0. The molecule has 1 N–H and O–H groups in total. The highest BCUT2D eigenvalue weighted by atomic mass is 15.3. The minimum absolute atomic E-state index is 0.426. The van der Waals surface area contributed by atoms with Gasteiger partial charge in [-0.2, -0.15) is 5.10 Å². The van der Waals surface area contributed by atoms with Crippen LogP contribution in [0.25, 0.3) is 0 Å². The predicted molar refractivity (Wildman–Crippen MR) is 78.2 cm³/mol. The number of hydrogen-bond donors (Lipinski definition) is 1. The Balaban J connectivity index is 1.79. The normalized spacial score (nSPS) is 16.3. The molecule has 0 aliphatic heterocycles. The van der Waals surface area contributed by atoms with Crippen molar-refractivity contribution in [3.8, 4) is 0 Å². The SMILES string of the molecule is CCn1cc(NC(c2ccc(C)cc2)C2CC2)cn1. The summed E-state index contributed by atoms with van der Waals surface area (Å²) in [5.74, 6) is 0.771. The van der Waals surface area contributed by atoms with Crippen molar-refractivity contribution in [1.82, 2.24) is 9.78 Å². The van der Waals surface area contributed by atoms with Gasteiger partial charge in [-0.25, -0.2) is 0 Å². The molecule has 1 unspecified atom stereocenters. The monoisotopic (exact) mass is 255 g/mol. The van der Waals surface area contributed by atoms with Gasteiger partial charge >= 0.3 is 0 Å². The molecular weight excluding hydrogens is 234 g/mol. The van der Waals surface area contributed by atoms with Gasteiger partial charge < -0.3 is 5.32 Å². The van der Waals surface area contributed by atoms with Gasteiger partial charge in [-0.05, 0) is 38.2 Å². The number of nitrogens with one attached hydrogen (secondary N) is 1. The van der Waals surface area contributed by atoms with Crippen LogP contribution in [0.15, 0.2) is 36.7 Å². The van der Waals surface area contributed by atoms with Crippen LogP contribution in [-0.4, -0.2) is 9.78 Å². The lowest BCUT2D eigenvalue weighted by Crippen LogP contribution is -2.12. The minimum Gasteiger partial charge on any atom is -0.375 e. The summed E-state index contributed by atoms with van der Waals surface area (Å²) in [6.07, 6.45) is 6.66. The molecular formula is C16H21N3. The van der Waals surface area contributed by atoms with Gasteiger partial charge in [0.1, 0.15) is 0 Å². The van der Waals surface area contributed by atoms with E-state index in [2.05, 4.69) is 54.7 Å². The summed E-state index contributed by atoms with van der Waals surface area (Å²) in [6.45, 7) is 5.16. The lowest BCUT2D eigenvalue weighted by Gasteiger charge is -2.19. The van der Waals surface area contributed by atoms with Crippen LogP contribution in [0.2, 0.25) is 0 Å². The number of aryl methyl sites for hydroxylation is 2. The number of hydrogen-bond acceptors (Lipinski definition) is 2. The zero-order chi connectivity index (χ0) is 13.2. The molecule has 1 aliphatic carbocycles. The van der Waals surface area contributed by atoms with E-state index in [1.54, 1.807) is 0 Å². The Morgan fingerprint density at radius 1 is 1.32 bits per heavy atom. The largest absolute Gasteiger partial charge is 0.375 e. The number of nitrogens with zero attached hydrogens (tertiary/aromatic N) is 2. The van der Waals surface area contributed by atoms with Crippen LogP contribution in [0.5, 0.6) is 0 Å². The van der Waals surface area contributed by atoms with Crippen molar-refractivity contribution in [2.24, 2.45) is 5.92 Å². The first-order valence-electron chi connectivity index (χ1n) is 7.12. The van der Waals surface area contributed by atoms with Crippen LogP contribution in [-0.2, 0) is 6.54 Å². The van der Waals surface area contributed by atoms with Crippen LogP contribution in [0, 0.1) is 12.8 Å². The summed E-state index contributed by atoms with van der Waals surface area (Å²) in [4.78, 5) is 0. The molecule has 3 rings (SSSR count). The van der Waals surface area contributed by atoms with Crippen molar-refractivity contribution in [2.45, 2.75) is 39.3 Å². The highest BCUT2D eigenvalue weighted by Gasteiger charge is 2.32. The third-order valence-corrected chi connectivity index (χ3v) is 3.81. The minimum atomic E-state index is 0.426. The Kier molecular flexibility index (Phi) is 3.28. The van der Waals surface area contributed by atoms with E-state index in [4.69, 9.17) is 0 Å². The van der Waals surface area contributed by atoms with Crippen molar-refractivity contribution < 1.29 is 0 Å². The van der Waals surface area contributed by atoms with E-state index in [0.717, 1.165) is 18.2 Å². The molecule has 1 aromatic heterocycles. The van der Waals surface area contributed by atoms with E-state index in [1.807, 2.05) is 10.9 Å². The molecule has 0 radical (unpaired) electrons. The average molecular weight is 255 g/mol. The lowest BCUT2D eigenvalue weighted by atomic mass is 10.0. The van der Waals surface area contributed by atoms with Gasteiger partial charge in [-0.3, -0.25) is 4.68 Å². The van der Waals surface area contributed by atoms with Gasteiger partial charge in [-0.15, -0.1) is 0 Å². The third-order valence-electron chi connectivity index (χ3n) is 3.81. The fourth-order valence-corrected chi connectivity index (χ4v) is 2.47. The highest BCUT2D eigenvalue weighted by molar-refractivity contribution is 5.43. The van der Waals surface area contributed by atoms with Crippen molar-refractivity contribution in [3.05, 3.63) is 47.8 Å². The molecule has 1 fully saturated rings. The third kappa shape index (κ3) is 2.80. The predicted octanol–water partition coefficient (Wildman–Crippen LogP) is 3.77. The molecule has 0 spiro atoms. The molecule has 1 saturated carbocycles. The maximum atomic E-state index is 4.33. The van der Waals surface area contributed by atoms with Crippen LogP contribution in [0.3, 0.4) is 0 Å². The molecule has 1 aliphatic rings. The highest BCUT2D eigenvalue weighted by Crippen LogP contribution is 2.42. The van der Waals surface area contributed by atoms with Crippen molar-refractivity contribution in [1.29, 1.82) is 0 Å². The number of rotatable bonds is 5. The van der Waals surface area contributed by atoms with E-state index < -0.39 is 0 Å². The summed E-state index contributed by atoms with van der Waals surface area (Å²) in [6, 6.07) is 9.31. The second kappa shape index (κ2) is 5.08. The Labute approximate surface area is 114 Å². The molecule has 19 heavy (non-hydrogen) atoms. The van der Waals surface area contributed by atoms with E-state index >= 15 is 0 Å². The topological polar surface area (TPSA) is 29.9 Å². The van der Waals surface area contributed by atoms with Crippen LogP contribution in [0.4, 0.5) is 5.69 Å². The van der Waals surface area contributed by atoms with Gasteiger partial charge in [0.2, 0.25) is 0 Å². The van der Waals surface area contributed by atoms with Crippen LogP contribution >= 0.6 is 0 Å². The van der Waals surface area contributed by atoms with Gasteiger partial charge in [0.05, 0.1) is 17.9 Å². The maximum absolute atomic E-state index is 4.33. The maximum Gasteiger partial charge on any atom is 0.0731 e. The second-order valence-corrected chi connectivity index (χ2v) is 5.45. The molecule has 1 aromatic carbocycles. The molecule has 0 amide bonds. The standard InChI is InChI=1S/C16H21N3/c1-3-19-11-15(10-17-19)18-16(14-8-9-14)13-6-4-12(2)5-7-13/h4-7,10-11,14,16,18H,3,8-9H2,1-2H3. The van der Waals surface area contributed by atoms with Gasteiger partial charge in [0.15, 0.2) is 0 Å². The number of anilines is 1. The van der Waals surface area contributed by atoms with E-state index in [1.165, 1.54) is 24.0 Å². The van der Waals surface area contributed by atoms with Crippen molar-refractivity contribution >= 4 is 5.69 Å². The first-order chi connectivity index (χ1) is 9.26. The molecule has 100 valence electrons. The second-order valence-electron chi connectivity index (χ2n) is 5.45. The Morgan fingerprint density at radius 3 is 2.63 bits per heavy atom. The van der Waals surface area contributed by atoms with Gasteiger partial charge in [0.25, 0.3) is 0 Å². The molecule has 2 aromatic rings. The van der Waals surface area contributed by atoms with E-state index in [-0.39, 0.29) is 0 Å². The summed E-state index contributed by atoms with van der Waals surface area (Å²) < 4.78 is 1.96. The Bertz CT molecular complexity index is 537. The molecule has 1 heterocycles. The van der Waals surface area contributed by atoms with Gasteiger partial charge in [-0.1, -0.05) is 29.8 Å². The average Bonchev–Trinajstić information content (AvgIpc) is 3.17. The summed E-state index contributed by atoms with van der Waals surface area (Å²) >= 11 is 0. The first-order valence-corrected chi connectivity index (χ1v) is 7.12. The number of benzene rings is 1. The fraction of sp³-hybridized carbons (Fsp3) is 0.438. The molecule has 0 bridgehead atoms. The zero-order valence-corrected chi connectivity index (χ0v) is 11.6. The van der Waals surface area contributed by atoms with Crippen molar-refractivity contribution in [3.63, 3.8) is 0 Å². The van der Waals surface area contributed by atoms with E-state index in [9.17, 15) is 0 Å². The van der Waals surface area contributed by atoms with Crippen LogP contribution < -0.4 is 5.32 Å².